The van der Waals surface area contributed by atoms with Gasteiger partial charge in [0.05, 0.1) is 11.7 Å². The minimum Gasteiger partial charge on any atom is -0.360 e. The summed E-state index contributed by atoms with van der Waals surface area (Å²) >= 11 is 5.56. The van der Waals surface area contributed by atoms with Gasteiger partial charge in [0.25, 0.3) is 0 Å². The van der Waals surface area contributed by atoms with Gasteiger partial charge in [-0.2, -0.15) is 0 Å². The van der Waals surface area contributed by atoms with Crippen molar-refractivity contribution in [1.82, 2.24) is 20.4 Å². The maximum Gasteiger partial charge on any atom is 0.241 e. The van der Waals surface area contributed by atoms with Crippen LogP contribution in [0, 0.1) is 5.92 Å². The van der Waals surface area contributed by atoms with Crippen LogP contribution in [0.2, 0.25) is 0 Å². The quantitative estimate of drug-likeness (QED) is 0.758. The minimum absolute atomic E-state index is 0.00805. The summed E-state index contributed by atoms with van der Waals surface area (Å²) in [4.78, 5) is 17.5. The van der Waals surface area contributed by atoms with Crippen molar-refractivity contribution < 1.29 is 4.79 Å². The summed E-state index contributed by atoms with van der Waals surface area (Å²) in [5.41, 5.74) is -0.122. The fraction of sp³-hybridized carbons (Fsp3) is 0.889. The smallest absolute Gasteiger partial charge is 0.241 e. The molecule has 0 bridgehead atoms. The van der Waals surface area contributed by atoms with E-state index >= 15 is 0 Å². The summed E-state index contributed by atoms with van der Waals surface area (Å²) in [6.45, 7) is 6.28. The molecule has 4 rings (SSSR count). The van der Waals surface area contributed by atoms with Crippen molar-refractivity contribution in [1.29, 1.82) is 0 Å². The van der Waals surface area contributed by atoms with E-state index in [0.29, 0.717) is 23.9 Å². The number of thiocarbonyl (C=S) groups is 1. The molecule has 134 valence electrons. The standard InChI is InChI=1S/C18H30N4OS/c1-12(2)11-15-16(23)22(14-5-6-14)18(20-15)7-9-21(10-8-18)17(24)19-13-3-4-13/h12-15,20H,3-11H2,1-2H3,(H,19,24)/t15-/m0/s1. The molecule has 2 N–H and O–H groups in total. The molecular weight excluding hydrogens is 320 g/mol. The topological polar surface area (TPSA) is 47.6 Å². The van der Waals surface area contributed by atoms with Crippen molar-refractivity contribution in [3.05, 3.63) is 0 Å². The lowest BCUT2D eigenvalue weighted by atomic mass is 9.95. The van der Waals surface area contributed by atoms with Crippen molar-refractivity contribution in [2.24, 2.45) is 5.92 Å². The Morgan fingerprint density at radius 2 is 1.96 bits per heavy atom. The Balaban J connectivity index is 1.43. The van der Waals surface area contributed by atoms with Gasteiger partial charge < -0.3 is 15.1 Å². The fourth-order valence-corrected chi connectivity index (χ4v) is 4.64. The number of nitrogens with zero attached hydrogens (tertiary/aromatic N) is 2. The van der Waals surface area contributed by atoms with Gasteiger partial charge in [0.15, 0.2) is 5.11 Å². The molecule has 4 aliphatic rings. The molecule has 2 saturated heterocycles. The average molecular weight is 351 g/mol. The first-order valence-electron chi connectivity index (χ1n) is 9.65. The Kier molecular flexibility index (Phi) is 4.23. The van der Waals surface area contributed by atoms with Crippen LogP contribution in [0.15, 0.2) is 0 Å². The first-order chi connectivity index (χ1) is 11.5. The second-order valence-corrected chi connectivity index (χ2v) is 8.89. The molecule has 1 amide bonds. The highest BCUT2D eigenvalue weighted by atomic mass is 32.1. The van der Waals surface area contributed by atoms with Gasteiger partial charge in [0, 0.05) is 38.0 Å². The van der Waals surface area contributed by atoms with Crippen molar-refractivity contribution in [2.75, 3.05) is 13.1 Å². The Bertz CT molecular complexity index is 521. The molecule has 1 spiro atoms. The van der Waals surface area contributed by atoms with E-state index in [4.69, 9.17) is 12.2 Å². The molecule has 2 aliphatic carbocycles. The van der Waals surface area contributed by atoms with E-state index in [1.165, 1.54) is 25.7 Å². The van der Waals surface area contributed by atoms with E-state index in [0.717, 1.165) is 37.5 Å². The largest absolute Gasteiger partial charge is 0.360 e. The maximum absolute atomic E-state index is 13.0. The molecule has 2 heterocycles. The monoisotopic (exact) mass is 350 g/mol. The van der Waals surface area contributed by atoms with Crippen LogP contribution in [0.25, 0.3) is 0 Å². The number of carbonyl (C=O) groups is 1. The lowest BCUT2D eigenvalue weighted by Crippen LogP contribution is -2.61. The molecule has 0 aromatic carbocycles. The molecule has 2 saturated carbocycles. The summed E-state index contributed by atoms with van der Waals surface area (Å²) in [5.74, 6) is 0.886. The molecule has 24 heavy (non-hydrogen) atoms. The van der Waals surface area contributed by atoms with Crippen LogP contribution in [-0.4, -0.2) is 57.7 Å². The molecule has 0 unspecified atom stereocenters. The maximum atomic E-state index is 13.0. The summed E-state index contributed by atoms with van der Waals surface area (Å²) in [6.07, 6.45) is 7.76. The van der Waals surface area contributed by atoms with Crippen molar-refractivity contribution in [3.63, 3.8) is 0 Å². The molecule has 5 nitrogen and oxygen atoms in total. The van der Waals surface area contributed by atoms with Crippen LogP contribution in [0.4, 0.5) is 0 Å². The fourth-order valence-electron chi connectivity index (χ4n) is 4.29. The summed E-state index contributed by atoms with van der Waals surface area (Å²) in [5, 5.41) is 8.12. The van der Waals surface area contributed by atoms with E-state index in [1.54, 1.807) is 0 Å². The predicted molar refractivity (Wildman–Crippen MR) is 98.5 cm³/mol. The predicted octanol–water partition coefficient (Wildman–Crippen LogP) is 1.82. The molecular formula is C18H30N4OS. The molecule has 0 radical (unpaired) electrons. The zero-order valence-electron chi connectivity index (χ0n) is 14.9. The van der Waals surface area contributed by atoms with Crippen LogP contribution in [-0.2, 0) is 4.79 Å². The second kappa shape index (κ2) is 6.13. The van der Waals surface area contributed by atoms with Crippen LogP contribution in [0.3, 0.4) is 0 Å². The van der Waals surface area contributed by atoms with E-state index in [2.05, 4.69) is 34.3 Å². The van der Waals surface area contributed by atoms with Gasteiger partial charge in [-0.15, -0.1) is 0 Å². The van der Waals surface area contributed by atoms with Gasteiger partial charge in [-0.3, -0.25) is 10.1 Å². The molecule has 0 aromatic rings. The lowest BCUT2D eigenvalue weighted by Gasteiger charge is -2.45. The number of hydrogen-bond acceptors (Lipinski definition) is 3. The van der Waals surface area contributed by atoms with Gasteiger partial charge in [-0.05, 0) is 50.2 Å². The molecule has 6 heteroatoms. The lowest BCUT2D eigenvalue weighted by molar-refractivity contribution is -0.134. The number of rotatable bonds is 4. The first kappa shape index (κ1) is 16.6. The van der Waals surface area contributed by atoms with E-state index in [1.807, 2.05) is 0 Å². The van der Waals surface area contributed by atoms with Crippen LogP contribution >= 0.6 is 12.2 Å². The summed E-state index contributed by atoms with van der Waals surface area (Å²) in [7, 11) is 0. The zero-order valence-corrected chi connectivity index (χ0v) is 15.7. The SMILES string of the molecule is CC(C)C[C@@H]1NC2(CCN(C(=S)NC3CC3)CC2)N(C2CC2)C1=O. The Morgan fingerprint density at radius 1 is 1.29 bits per heavy atom. The molecule has 0 aromatic heterocycles. The van der Waals surface area contributed by atoms with E-state index in [9.17, 15) is 4.79 Å². The van der Waals surface area contributed by atoms with Gasteiger partial charge >= 0.3 is 0 Å². The third-order valence-corrected chi connectivity index (χ3v) is 6.22. The molecule has 4 fully saturated rings. The van der Waals surface area contributed by atoms with Crippen LogP contribution < -0.4 is 10.6 Å². The first-order valence-corrected chi connectivity index (χ1v) is 10.1. The van der Waals surface area contributed by atoms with E-state index in [-0.39, 0.29) is 11.7 Å². The summed E-state index contributed by atoms with van der Waals surface area (Å²) < 4.78 is 0. The Morgan fingerprint density at radius 3 is 2.50 bits per heavy atom. The van der Waals surface area contributed by atoms with Crippen molar-refractivity contribution >= 4 is 23.2 Å². The number of likely N-dealkylation sites (tertiary alicyclic amines) is 1. The highest BCUT2D eigenvalue weighted by Gasteiger charge is 2.55. The highest BCUT2D eigenvalue weighted by Crippen LogP contribution is 2.41. The normalized spacial score (nSPS) is 29.6. The van der Waals surface area contributed by atoms with Gasteiger partial charge in [-0.1, -0.05) is 13.8 Å². The Labute approximate surface area is 150 Å². The molecule has 1 atom stereocenters. The zero-order chi connectivity index (χ0) is 16.9. The summed E-state index contributed by atoms with van der Waals surface area (Å²) in [6, 6.07) is 1.09. The van der Waals surface area contributed by atoms with E-state index < -0.39 is 0 Å². The third-order valence-electron chi connectivity index (χ3n) is 5.84. The number of piperidine rings is 1. The number of hydrogen-bond donors (Lipinski definition) is 2. The highest BCUT2D eigenvalue weighted by molar-refractivity contribution is 7.80. The van der Waals surface area contributed by atoms with Gasteiger partial charge in [0.1, 0.15) is 0 Å². The van der Waals surface area contributed by atoms with Crippen molar-refractivity contribution in [3.8, 4) is 0 Å². The Hall–Kier alpha value is -0.880. The second-order valence-electron chi connectivity index (χ2n) is 8.51. The average Bonchev–Trinajstić information content (AvgIpc) is 3.42. The third kappa shape index (κ3) is 3.15. The number of carbonyl (C=O) groups excluding carboxylic acids is 1. The van der Waals surface area contributed by atoms with Gasteiger partial charge in [-0.25, -0.2) is 0 Å². The minimum atomic E-state index is -0.122. The van der Waals surface area contributed by atoms with Crippen LogP contribution in [0.1, 0.15) is 58.8 Å². The number of nitrogens with one attached hydrogen (secondary N) is 2. The number of amides is 1. The van der Waals surface area contributed by atoms with Crippen molar-refractivity contribution in [2.45, 2.75) is 82.6 Å². The van der Waals surface area contributed by atoms with Crippen LogP contribution in [0.5, 0.6) is 0 Å². The molecule has 2 aliphatic heterocycles. The van der Waals surface area contributed by atoms with Gasteiger partial charge in [0.2, 0.25) is 5.91 Å².